The van der Waals surface area contributed by atoms with Crippen molar-refractivity contribution in [3.8, 4) is 0 Å². The second-order valence-corrected chi connectivity index (χ2v) is 7.37. The van der Waals surface area contributed by atoms with Crippen molar-refractivity contribution in [1.29, 1.82) is 0 Å². The van der Waals surface area contributed by atoms with E-state index in [2.05, 4.69) is 4.74 Å². The standard InChI is InChI=1S/C15H22N2O4S.ClH/c1-21-15(18)13-6-4-5-12(9-13)11-22(19,20)17-8-3-2-7-14(17)10-16;/h4-6,9,14H,2-3,7-8,10-11,16H2,1H3;1H. The molecule has 1 unspecified atom stereocenters. The second kappa shape index (κ2) is 8.63. The zero-order valence-corrected chi connectivity index (χ0v) is 14.7. The van der Waals surface area contributed by atoms with Crippen LogP contribution in [0.3, 0.4) is 0 Å². The van der Waals surface area contributed by atoms with E-state index < -0.39 is 16.0 Å². The van der Waals surface area contributed by atoms with Crippen LogP contribution in [0, 0.1) is 0 Å². The van der Waals surface area contributed by atoms with Crippen molar-refractivity contribution in [2.24, 2.45) is 5.73 Å². The van der Waals surface area contributed by atoms with Gasteiger partial charge in [-0.05, 0) is 30.5 Å². The Morgan fingerprint density at radius 3 is 2.78 bits per heavy atom. The fraction of sp³-hybridized carbons (Fsp3) is 0.533. The average molecular weight is 363 g/mol. The molecular weight excluding hydrogens is 340 g/mol. The highest BCUT2D eigenvalue weighted by Gasteiger charge is 2.31. The van der Waals surface area contributed by atoms with Crippen molar-refractivity contribution in [3.05, 3.63) is 35.4 Å². The maximum atomic E-state index is 12.6. The molecule has 0 aromatic heterocycles. The number of esters is 1. The van der Waals surface area contributed by atoms with Crippen LogP contribution < -0.4 is 5.73 Å². The Balaban J connectivity index is 0.00000264. The predicted octanol–water partition coefficient (Wildman–Crippen LogP) is 1.54. The van der Waals surface area contributed by atoms with Crippen LogP contribution in [-0.2, 0) is 20.5 Å². The van der Waals surface area contributed by atoms with Crippen LogP contribution in [0.2, 0.25) is 0 Å². The Hall–Kier alpha value is -1.15. The number of piperidine rings is 1. The van der Waals surface area contributed by atoms with Gasteiger partial charge in [-0.2, -0.15) is 4.31 Å². The Morgan fingerprint density at radius 2 is 2.13 bits per heavy atom. The normalized spacial score (nSPS) is 19.0. The third kappa shape index (κ3) is 4.91. The van der Waals surface area contributed by atoms with Crippen molar-refractivity contribution in [2.45, 2.75) is 31.1 Å². The van der Waals surface area contributed by atoms with Crippen LogP contribution in [0.4, 0.5) is 0 Å². The monoisotopic (exact) mass is 362 g/mol. The van der Waals surface area contributed by atoms with E-state index in [-0.39, 0.29) is 24.2 Å². The lowest BCUT2D eigenvalue weighted by Crippen LogP contribution is -2.47. The van der Waals surface area contributed by atoms with Crippen LogP contribution in [0.15, 0.2) is 24.3 Å². The third-order valence-corrected chi connectivity index (χ3v) is 5.79. The van der Waals surface area contributed by atoms with Crippen LogP contribution in [0.5, 0.6) is 0 Å². The highest BCUT2D eigenvalue weighted by atomic mass is 35.5. The molecule has 23 heavy (non-hydrogen) atoms. The van der Waals surface area contributed by atoms with Crippen molar-refractivity contribution in [3.63, 3.8) is 0 Å². The molecule has 0 bridgehead atoms. The molecule has 1 atom stereocenters. The topological polar surface area (TPSA) is 89.7 Å². The molecule has 2 N–H and O–H groups in total. The number of carbonyl (C=O) groups is 1. The van der Waals surface area contributed by atoms with Crippen LogP contribution in [0.1, 0.15) is 35.2 Å². The van der Waals surface area contributed by atoms with E-state index in [0.29, 0.717) is 24.2 Å². The first-order valence-corrected chi connectivity index (χ1v) is 8.95. The molecular formula is C15H23ClN2O4S. The lowest BCUT2D eigenvalue weighted by molar-refractivity contribution is 0.0600. The summed E-state index contributed by atoms with van der Waals surface area (Å²) >= 11 is 0. The molecule has 1 aliphatic rings. The minimum Gasteiger partial charge on any atom is -0.465 e. The summed E-state index contributed by atoms with van der Waals surface area (Å²) < 4.78 is 31.4. The van der Waals surface area contributed by atoms with Gasteiger partial charge in [0.25, 0.3) is 0 Å². The van der Waals surface area contributed by atoms with E-state index >= 15 is 0 Å². The van der Waals surface area contributed by atoms with E-state index in [0.717, 1.165) is 19.3 Å². The van der Waals surface area contributed by atoms with Gasteiger partial charge in [0.2, 0.25) is 10.0 Å². The molecule has 0 saturated carbocycles. The van der Waals surface area contributed by atoms with Crippen LogP contribution >= 0.6 is 12.4 Å². The summed E-state index contributed by atoms with van der Waals surface area (Å²) in [5.74, 6) is -0.606. The smallest absolute Gasteiger partial charge is 0.337 e. The minimum absolute atomic E-state index is 0. The molecule has 8 heteroatoms. The van der Waals surface area contributed by atoms with Gasteiger partial charge in [-0.1, -0.05) is 18.6 Å². The summed E-state index contributed by atoms with van der Waals surface area (Å²) in [7, 11) is -2.15. The molecule has 1 saturated heterocycles. The Morgan fingerprint density at radius 1 is 1.39 bits per heavy atom. The molecule has 0 radical (unpaired) electrons. The zero-order valence-electron chi connectivity index (χ0n) is 13.1. The Labute approximate surface area is 143 Å². The maximum absolute atomic E-state index is 12.6. The summed E-state index contributed by atoms with van der Waals surface area (Å²) in [6.07, 6.45) is 2.67. The number of rotatable bonds is 5. The fourth-order valence-corrected chi connectivity index (χ4v) is 4.59. The molecule has 6 nitrogen and oxygen atoms in total. The van der Waals surface area contributed by atoms with Crippen LogP contribution in [-0.4, -0.2) is 44.9 Å². The number of carbonyl (C=O) groups excluding carboxylic acids is 1. The largest absolute Gasteiger partial charge is 0.465 e. The SMILES string of the molecule is COC(=O)c1cccc(CS(=O)(=O)N2CCCCC2CN)c1.Cl. The molecule has 1 fully saturated rings. The molecule has 1 aliphatic heterocycles. The van der Waals surface area contributed by atoms with E-state index in [1.54, 1.807) is 24.3 Å². The summed E-state index contributed by atoms with van der Waals surface area (Å²) in [4.78, 5) is 11.5. The van der Waals surface area contributed by atoms with Gasteiger partial charge >= 0.3 is 5.97 Å². The lowest BCUT2D eigenvalue weighted by Gasteiger charge is -2.33. The zero-order chi connectivity index (χ0) is 16.2. The predicted molar refractivity (Wildman–Crippen MR) is 91.1 cm³/mol. The van der Waals surface area contributed by atoms with Crippen molar-refractivity contribution in [2.75, 3.05) is 20.2 Å². The molecule has 0 amide bonds. The number of nitrogens with two attached hydrogens (primary N) is 1. The maximum Gasteiger partial charge on any atom is 0.337 e. The van der Waals surface area contributed by atoms with Crippen molar-refractivity contribution in [1.82, 2.24) is 4.31 Å². The molecule has 0 aliphatic carbocycles. The number of methoxy groups -OCH3 is 1. The molecule has 1 aromatic carbocycles. The summed E-state index contributed by atoms with van der Waals surface area (Å²) in [6.45, 7) is 0.850. The van der Waals surface area contributed by atoms with Gasteiger partial charge in [0, 0.05) is 19.1 Å². The van der Waals surface area contributed by atoms with Gasteiger partial charge in [0.05, 0.1) is 18.4 Å². The quantitative estimate of drug-likeness (QED) is 0.802. The first kappa shape index (κ1) is 19.9. The first-order valence-electron chi connectivity index (χ1n) is 7.35. The average Bonchev–Trinajstić information content (AvgIpc) is 2.53. The summed E-state index contributed by atoms with van der Waals surface area (Å²) in [5.41, 5.74) is 6.62. The molecule has 0 spiro atoms. The fourth-order valence-electron chi connectivity index (χ4n) is 2.78. The van der Waals surface area contributed by atoms with Crippen molar-refractivity contribution < 1.29 is 17.9 Å². The molecule has 1 heterocycles. The molecule has 130 valence electrons. The first-order chi connectivity index (χ1) is 10.5. The van der Waals surface area contributed by atoms with E-state index in [1.807, 2.05) is 0 Å². The van der Waals surface area contributed by atoms with E-state index in [4.69, 9.17) is 5.73 Å². The number of hydrogen-bond donors (Lipinski definition) is 1. The summed E-state index contributed by atoms with van der Waals surface area (Å²) in [6, 6.07) is 6.40. The Kier molecular flexibility index (Phi) is 7.47. The highest BCUT2D eigenvalue weighted by Crippen LogP contribution is 2.22. The highest BCUT2D eigenvalue weighted by molar-refractivity contribution is 7.88. The lowest BCUT2D eigenvalue weighted by atomic mass is 10.1. The summed E-state index contributed by atoms with van der Waals surface area (Å²) in [5, 5.41) is 0. The number of hydrogen-bond acceptors (Lipinski definition) is 5. The number of nitrogens with zero attached hydrogens (tertiary/aromatic N) is 1. The van der Waals surface area contributed by atoms with Gasteiger partial charge in [0.15, 0.2) is 0 Å². The van der Waals surface area contributed by atoms with Gasteiger partial charge in [-0.25, -0.2) is 13.2 Å². The number of ether oxygens (including phenoxy) is 1. The number of sulfonamides is 1. The molecule has 1 aromatic rings. The van der Waals surface area contributed by atoms with Crippen molar-refractivity contribution >= 4 is 28.4 Å². The number of benzene rings is 1. The Bertz CT molecular complexity index is 636. The van der Waals surface area contributed by atoms with Gasteiger partial charge in [-0.15, -0.1) is 12.4 Å². The van der Waals surface area contributed by atoms with Crippen LogP contribution in [0.25, 0.3) is 0 Å². The third-order valence-electron chi connectivity index (χ3n) is 3.90. The second-order valence-electron chi connectivity index (χ2n) is 5.44. The van der Waals surface area contributed by atoms with Gasteiger partial charge in [0.1, 0.15) is 0 Å². The van der Waals surface area contributed by atoms with E-state index in [9.17, 15) is 13.2 Å². The van der Waals surface area contributed by atoms with Gasteiger partial charge in [-0.3, -0.25) is 0 Å². The number of halogens is 1. The minimum atomic E-state index is -3.45. The molecule has 2 rings (SSSR count). The van der Waals surface area contributed by atoms with E-state index in [1.165, 1.54) is 11.4 Å². The van der Waals surface area contributed by atoms with Gasteiger partial charge < -0.3 is 10.5 Å².